The summed E-state index contributed by atoms with van der Waals surface area (Å²) in [5.74, 6) is 3.03. The van der Waals surface area contributed by atoms with Crippen molar-refractivity contribution in [2.45, 2.75) is 83.0 Å². The lowest BCUT2D eigenvalue weighted by Gasteiger charge is -2.39. The molecule has 1 aliphatic rings. The van der Waals surface area contributed by atoms with Crippen molar-refractivity contribution < 1.29 is 4.43 Å². The second-order valence-electron chi connectivity index (χ2n) is 5.40. The van der Waals surface area contributed by atoms with Gasteiger partial charge in [0.1, 0.15) is 5.60 Å². The summed E-state index contributed by atoms with van der Waals surface area (Å²) in [5.41, 5.74) is -0.218. The molecule has 2 heteroatoms. The number of hydrogen-bond donors (Lipinski definition) is 0. The number of hydrogen-bond acceptors (Lipinski definition) is 1. The van der Waals surface area contributed by atoms with Crippen molar-refractivity contribution in [2.24, 2.45) is 0 Å². The lowest BCUT2D eigenvalue weighted by atomic mass is 9.96. The van der Waals surface area contributed by atoms with Crippen LogP contribution in [0.5, 0.6) is 0 Å². The Bertz CT molecular complexity index is 246. The van der Waals surface area contributed by atoms with E-state index in [-0.39, 0.29) is 5.60 Å². The monoisotopic (exact) mass is 252 g/mol. The third kappa shape index (κ3) is 3.60. The second kappa shape index (κ2) is 6.61. The minimum Gasteiger partial charge on any atom is -0.401 e. The smallest absolute Gasteiger partial charge is 0.194 e. The van der Waals surface area contributed by atoms with Gasteiger partial charge in [0.2, 0.25) is 0 Å². The third-order valence-corrected chi connectivity index (χ3v) is 9.21. The molecule has 0 aromatic rings. The zero-order chi connectivity index (χ0) is 12.8. The maximum absolute atomic E-state index is 6.65. The molecule has 0 bridgehead atoms. The van der Waals surface area contributed by atoms with Crippen LogP contribution in [0.3, 0.4) is 0 Å². The van der Waals surface area contributed by atoms with Gasteiger partial charge in [-0.2, -0.15) is 0 Å². The van der Waals surface area contributed by atoms with Crippen molar-refractivity contribution in [1.29, 1.82) is 0 Å². The minimum atomic E-state index is -1.56. The Morgan fingerprint density at radius 3 is 1.82 bits per heavy atom. The summed E-state index contributed by atoms with van der Waals surface area (Å²) >= 11 is 0. The van der Waals surface area contributed by atoms with Crippen LogP contribution in [0.1, 0.15) is 59.3 Å². The summed E-state index contributed by atoms with van der Waals surface area (Å²) in [6.45, 7) is 6.83. The topological polar surface area (TPSA) is 9.23 Å². The highest BCUT2D eigenvalue weighted by molar-refractivity contribution is 6.73. The maximum Gasteiger partial charge on any atom is 0.194 e. The first-order valence-corrected chi connectivity index (χ1v) is 9.87. The average molecular weight is 252 g/mol. The largest absolute Gasteiger partial charge is 0.401 e. The van der Waals surface area contributed by atoms with Crippen molar-refractivity contribution in [3.8, 4) is 12.3 Å². The van der Waals surface area contributed by atoms with E-state index in [4.69, 9.17) is 10.8 Å². The van der Waals surface area contributed by atoms with Gasteiger partial charge in [-0.15, -0.1) is 6.42 Å². The normalized spacial score (nSPS) is 20.6. The van der Waals surface area contributed by atoms with E-state index >= 15 is 0 Å². The fraction of sp³-hybridized carbons (Fsp3) is 0.867. The Balaban J connectivity index is 2.82. The molecule has 0 saturated heterocycles. The summed E-state index contributed by atoms with van der Waals surface area (Å²) in [6, 6.07) is 3.59. The summed E-state index contributed by atoms with van der Waals surface area (Å²) in [5, 5.41) is 0. The number of rotatable bonds is 5. The Kier molecular flexibility index (Phi) is 5.75. The highest BCUT2D eigenvalue weighted by Crippen LogP contribution is 2.36. The van der Waals surface area contributed by atoms with Gasteiger partial charge in [-0.1, -0.05) is 39.5 Å². The molecular weight excluding hydrogens is 224 g/mol. The van der Waals surface area contributed by atoms with Gasteiger partial charge in [-0.25, -0.2) is 0 Å². The molecular formula is C15H28OSi. The molecule has 0 atom stereocenters. The van der Waals surface area contributed by atoms with Crippen LogP contribution in [0.4, 0.5) is 0 Å². The Morgan fingerprint density at radius 2 is 1.47 bits per heavy atom. The molecule has 1 rings (SSSR count). The molecule has 0 aliphatic heterocycles. The average Bonchev–Trinajstić information content (AvgIpc) is 2.62. The summed E-state index contributed by atoms with van der Waals surface area (Å²) < 4.78 is 6.65. The summed E-state index contributed by atoms with van der Waals surface area (Å²) in [7, 11) is -1.56. The molecule has 98 valence electrons. The van der Waals surface area contributed by atoms with E-state index in [1.54, 1.807) is 0 Å². The zero-order valence-electron chi connectivity index (χ0n) is 11.8. The van der Waals surface area contributed by atoms with Gasteiger partial charge >= 0.3 is 0 Å². The van der Waals surface area contributed by atoms with Gasteiger partial charge in [0, 0.05) is 0 Å². The lowest BCUT2D eigenvalue weighted by molar-refractivity contribution is 0.0993. The van der Waals surface area contributed by atoms with Gasteiger partial charge in [0.05, 0.1) is 0 Å². The van der Waals surface area contributed by atoms with Crippen LogP contribution in [0.2, 0.25) is 18.1 Å². The molecule has 0 N–H and O–H groups in total. The van der Waals surface area contributed by atoms with Gasteiger partial charge < -0.3 is 4.43 Å². The van der Waals surface area contributed by atoms with Crippen molar-refractivity contribution in [1.82, 2.24) is 0 Å². The van der Waals surface area contributed by atoms with Crippen LogP contribution in [0, 0.1) is 12.3 Å². The molecule has 1 aliphatic carbocycles. The first kappa shape index (κ1) is 14.8. The number of terminal acetylenes is 1. The van der Waals surface area contributed by atoms with Crippen LogP contribution < -0.4 is 0 Å². The maximum atomic E-state index is 6.65. The second-order valence-corrected chi connectivity index (χ2v) is 10.1. The van der Waals surface area contributed by atoms with Gasteiger partial charge in [-0.3, -0.25) is 0 Å². The molecule has 0 radical (unpaired) electrons. The predicted octanol–water partition coefficient (Wildman–Crippen LogP) is 4.73. The molecule has 0 amide bonds. The van der Waals surface area contributed by atoms with E-state index in [0.29, 0.717) is 0 Å². The molecule has 1 nitrogen and oxygen atoms in total. The zero-order valence-corrected chi connectivity index (χ0v) is 12.8. The quantitative estimate of drug-likeness (QED) is 0.390. The first-order valence-electron chi connectivity index (χ1n) is 7.34. The van der Waals surface area contributed by atoms with Crippen LogP contribution >= 0.6 is 0 Å². The van der Waals surface area contributed by atoms with Crippen molar-refractivity contribution in [3.05, 3.63) is 0 Å². The van der Waals surface area contributed by atoms with Crippen molar-refractivity contribution in [2.75, 3.05) is 0 Å². The van der Waals surface area contributed by atoms with Crippen LogP contribution in [-0.4, -0.2) is 13.9 Å². The van der Waals surface area contributed by atoms with Gasteiger partial charge in [-0.05, 0) is 43.8 Å². The fourth-order valence-corrected chi connectivity index (χ4v) is 5.98. The van der Waals surface area contributed by atoms with Crippen LogP contribution in [-0.2, 0) is 4.43 Å². The molecule has 0 aromatic heterocycles. The predicted molar refractivity (Wildman–Crippen MR) is 77.5 cm³/mol. The molecule has 0 spiro atoms. The highest BCUT2D eigenvalue weighted by atomic mass is 28.4. The van der Waals surface area contributed by atoms with E-state index in [1.165, 1.54) is 43.8 Å². The molecule has 0 aromatic carbocycles. The SMILES string of the molecule is C#CC1(O[Si](CC)(CC)CC)CCCCCC1. The Morgan fingerprint density at radius 1 is 1.00 bits per heavy atom. The fourth-order valence-electron chi connectivity index (χ4n) is 2.96. The molecule has 17 heavy (non-hydrogen) atoms. The Hall–Kier alpha value is -0.263. The van der Waals surface area contributed by atoms with Crippen molar-refractivity contribution in [3.63, 3.8) is 0 Å². The molecule has 1 saturated carbocycles. The third-order valence-electron chi connectivity index (χ3n) is 4.52. The minimum absolute atomic E-state index is 0.218. The van der Waals surface area contributed by atoms with Gasteiger partial charge in [0.25, 0.3) is 0 Å². The standard InChI is InChI=1S/C15H28OSi/c1-5-15(13-11-9-10-12-14-15)16-17(6-2,7-3)8-4/h1H,6-14H2,2-4H3. The van der Waals surface area contributed by atoms with Crippen LogP contribution in [0.25, 0.3) is 0 Å². The molecule has 0 heterocycles. The molecule has 0 unspecified atom stereocenters. The van der Waals surface area contributed by atoms with E-state index in [0.717, 1.165) is 12.8 Å². The highest BCUT2D eigenvalue weighted by Gasteiger charge is 2.39. The first-order chi connectivity index (χ1) is 8.16. The van der Waals surface area contributed by atoms with E-state index in [2.05, 4.69) is 26.7 Å². The summed E-state index contributed by atoms with van der Waals surface area (Å²) in [4.78, 5) is 0. The van der Waals surface area contributed by atoms with Crippen LogP contribution in [0.15, 0.2) is 0 Å². The summed E-state index contributed by atoms with van der Waals surface area (Å²) in [6.07, 6.45) is 13.1. The Labute approximate surface area is 108 Å². The van der Waals surface area contributed by atoms with E-state index in [1.807, 2.05) is 0 Å². The van der Waals surface area contributed by atoms with E-state index in [9.17, 15) is 0 Å². The lowest BCUT2D eigenvalue weighted by Crippen LogP contribution is -2.46. The molecule has 1 fully saturated rings. The van der Waals surface area contributed by atoms with Crippen molar-refractivity contribution >= 4 is 8.32 Å². The van der Waals surface area contributed by atoms with Gasteiger partial charge in [0.15, 0.2) is 8.32 Å². The van der Waals surface area contributed by atoms with E-state index < -0.39 is 8.32 Å².